The third kappa shape index (κ3) is 4.59. The van der Waals surface area contributed by atoms with Gasteiger partial charge in [-0.25, -0.2) is 0 Å². The maximum absolute atomic E-state index is 11.3. The SMILES string of the molecule is CNC(=O)CN1CCC(NCc2c(O)cccc2Cl)CC1. The van der Waals surface area contributed by atoms with Gasteiger partial charge in [0.15, 0.2) is 0 Å². The zero-order valence-corrected chi connectivity index (χ0v) is 13.0. The molecule has 0 aliphatic carbocycles. The largest absolute Gasteiger partial charge is 0.508 e. The van der Waals surface area contributed by atoms with Gasteiger partial charge >= 0.3 is 0 Å². The van der Waals surface area contributed by atoms with E-state index in [0.717, 1.165) is 31.5 Å². The second kappa shape index (κ2) is 7.64. The summed E-state index contributed by atoms with van der Waals surface area (Å²) in [6.07, 6.45) is 1.98. The van der Waals surface area contributed by atoms with E-state index in [0.29, 0.717) is 24.2 Å². The lowest BCUT2D eigenvalue weighted by Gasteiger charge is -2.32. The van der Waals surface area contributed by atoms with Crippen LogP contribution in [-0.4, -0.2) is 48.6 Å². The van der Waals surface area contributed by atoms with Gasteiger partial charge in [-0.2, -0.15) is 0 Å². The third-order valence-electron chi connectivity index (χ3n) is 3.90. The number of carbonyl (C=O) groups is 1. The molecule has 1 fully saturated rings. The number of halogens is 1. The molecule has 0 saturated carbocycles. The molecular formula is C15H22ClN3O2. The van der Waals surface area contributed by atoms with Crippen molar-refractivity contribution in [2.24, 2.45) is 0 Å². The van der Waals surface area contributed by atoms with Gasteiger partial charge in [0.1, 0.15) is 5.75 Å². The topological polar surface area (TPSA) is 64.6 Å². The van der Waals surface area contributed by atoms with Crippen molar-refractivity contribution < 1.29 is 9.90 Å². The Hall–Kier alpha value is -1.30. The standard InChI is InChI=1S/C15H22ClN3O2/c1-17-15(21)10-19-7-5-11(6-8-19)18-9-12-13(16)3-2-4-14(12)20/h2-4,11,18,20H,5-10H2,1H3,(H,17,21). The molecule has 0 atom stereocenters. The van der Waals surface area contributed by atoms with Gasteiger partial charge in [-0.3, -0.25) is 9.69 Å². The fraction of sp³-hybridized carbons (Fsp3) is 0.533. The molecule has 3 N–H and O–H groups in total. The second-order valence-corrected chi connectivity index (χ2v) is 5.75. The molecule has 5 nitrogen and oxygen atoms in total. The number of amides is 1. The van der Waals surface area contributed by atoms with Gasteiger partial charge in [0.25, 0.3) is 0 Å². The first kappa shape index (κ1) is 16.1. The van der Waals surface area contributed by atoms with Gasteiger partial charge < -0.3 is 15.7 Å². The molecule has 1 aromatic carbocycles. The van der Waals surface area contributed by atoms with Crippen molar-refractivity contribution in [2.75, 3.05) is 26.7 Å². The van der Waals surface area contributed by atoms with Crippen molar-refractivity contribution >= 4 is 17.5 Å². The Morgan fingerprint density at radius 1 is 1.43 bits per heavy atom. The number of hydrogen-bond acceptors (Lipinski definition) is 4. The Bertz CT molecular complexity index is 468. The van der Waals surface area contributed by atoms with E-state index in [9.17, 15) is 9.90 Å². The summed E-state index contributed by atoms with van der Waals surface area (Å²) in [7, 11) is 1.66. The van der Waals surface area contributed by atoms with Crippen LogP contribution >= 0.6 is 11.6 Å². The summed E-state index contributed by atoms with van der Waals surface area (Å²) in [5.74, 6) is 0.287. The van der Waals surface area contributed by atoms with E-state index in [2.05, 4.69) is 15.5 Å². The number of aromatic hydroxyl groups is 1. The number of benzene rings is 1. The van der Waals surface area contributed by atoms with Gasteiger partial charge in [-0.15, -0.1) is 0 Å². The van der Waals surface area contributed by atoms with Crippen molar-refractivity contribution in [3.05, 3.63) is 28.8 Å². The smallest absolute Gasteiger partial charge is 0.233 e. The molecule has 1 amide bonds. The minimum absolute atomic E-state index is 0.0578. The van der Waals surface area contributed by atoms with Crippen LogP contribution in [-0.2, 0) is 11.3 Å². The number of likely N-dealkylation sites (N-methyl/N-ethyl adjacent to an activating group) is 1. The summed E-state index contributed by atoms with van der Waals surface area (Å²) in [5, 5.41) is 16.5. The van der Waals surface area contributed by atoms with Crippen molar-refractivity contribution in [3.63, 3.8) is 0 Å². The highest BCUT2D eigenvalue weighted by Gasteiger charge is 2.20. The Labute approximate surface area is 130 Å². The lowest BCUT2D eigenvalue weighted by Crippen LogP contribution is -2.45. The average Bonchev–Trinajstić information content (AvgIpc) is 2.48. The lowest BCUT2D eigenvalue weighted by molar-refractivity contribution is -0.122. The summed E-state index contributed by atoms with van der Waals surface area (Å²) in [6.45, 7) is 2.83. The summed E-state index contributed by atoms with van der Waals surface area (Å²) in [4.78, 5) is 13.5. The first-order chi connectivity index (χ1) is 10.1. The van der Waals surface area contributed by atoms with Crippen molar-refractivity contribution in [2.45, 2.75) is 25.4 Å². The van der Waals surface area contributed by atoms with E-state index in [-0.39, 0.29) is 11.7 Å². The predicted octanol–water partition coefficient (Wildman–Crippen LogP) is 1.35. The van der Waals surface area contributed by atoms with Crippen LogP contribution in [0.4, 0.5) is 0 Å². The molecule has 0 bridgehead atoms. The van der Waals surface area contributed by atoms with Gasteiger partial charge in [0, 0.05) is 43.3 Å². The fourth-order valence-corrected chi connectivity index (χ4v) is 2.78. The average molecular weight is 312 g/mol. The minimum atomic E-state index is 0.0578. The van der Waals surface area contributed by atoms with E-state index in [1.807, 2.05) is 0 Å². The number of hydrogen-bond donors (Lipinski definition) is 3. The van der Waals surface area contributed by atoms with Crippen LogP contribution in [0, 0.1) is 0 Å². The van der Waals surface area contributed by atoms with E-state index in [1.54, 1.807) is 25.2 Å². The fourth-order valence-electron chi connectivity index (χ4n) is 2.55. The van der Waals surface area contributed by atoms with Crippen LogP contribution in [0.3, 0.4) is 0 Å². The van der Waals surface area contributed by atoms with Gasteiger partial charge in [0.2, 0.25) is 5.91 Å². The summed E-state index contributed by atoms with van der Waals surface area (Å²) in [6, 6.07) is 5.55. The second-order valence-electron chi connectivity index (χ2n) is 5.34. The van der Waals surface area contributed by atoms with E-state index >= 15 is 0 Å². The molecule has 1 aliphatic heterocycles. The summed E-state index contributed by atoms with van der Waals surface area (Å²) >= 11 is 6.09. The van der Waals surface area contributed by atoms with E-state index in [1.165, 1.54) is 0 Å². The highest BCUT2D eigenvalue weighted by Crippen LogP contribution is 2.25. The Morgan fingerprint density at radius 3 is 2.76 bits per heavy atom. The molecule has 0 unspecified atom stereocenters. The van der Waals surface area contributed by atoms with Crippen LogP contribution < -0.4 is 10.6 Å². The van der Waals surface area contributed by atoms with Crippen molar-refractivity contribution in [1.29, 1.82) is 0 Å². The number of nitrogens with one attached hydrogen (secondary N) is 2. The number of nitrogens with zero attached hydrogens (tertiary/aromatic N) is 1. The summed E-state index contributed by atoms with van der Waals surface area (Å²) < 4.78 is 0. The van der Waals surface area contributed by atoms with Crippen LogP contribution in [0.25, 0.3) is 0 Å². The molecule has 21 heavy (non-hydrogen) atoms. The third-order valence-corrected chi connectivity index (χ3v) is 4.25. The Balaban J connectivity index is 1.78. The Kier molecular flexibility index (Phi) is 5.85. The predicted molar refractivity (Wildman–Crippen MR) is 83.5 cm³/mol. The highest BCUT2D eigenvalue weighted by molar-refractivity contribution is 6.31. The highest BCUT2D eigenvalue weighted by atomic mass is 35.5. The number of phenolic OH excluding ortho intramolecular Hbond substituents is 1. The normalized spacial score (nSPS) is 16.9. The Morgan fingerprint density at radius 2 is 2.14 bits per heavy atom. The number of carbonyl (C=O) groups excluding carboxylic acids is 1. The molecule has 0 radical (unpaired) electrons. The van der Waals surface area contributed by atoms with Gasteiger partial charge in [0.05, 0.1) is 6.54 Å². The zero-order chi connectivity index (χ0) is 15.2. The van der Waals surface area contributed by atoms with Crippen molar-refractivity contribution in [1.82, 2.24) is 15.5 Å². The molecule has 1 aromatic rings. The molecule has 1 heterocycles. The summed E-state index contributed by atoms with van der Waals surface area (Å²) in [5.41, 5.74) is 0.743. The van der Waals surface area contributed by atoms with E-state index in [4.69, 9.17) is 11.6 Å². The molecule has 0 aromatic heterocycles. The molecule has 1 saturated heterocycles. The maximum Gasteiger partial charge on any atom is 0.233 e. The zero-order valence-electron chi connectivity index (χ0n) is 12.2. The number of phenols is 1. The molecule has 0 spiro atoms. The molecule has 2 rings (SSSR count). The van der Waals surface area contributed by atoms with Gasteiger partial charge in [-0.05, 0) is 25.0 Å². The van der Waals surface area contributed by atoms with Crippen LogP contribution in [0.5, 0.6) is 5.75 Å². The number of likely N-dealkylation sites (tertiary alicyclic amines) is 1. The van der Waals surface area contributed by atoms with Crippen LogP contribution in [0.2, 0.25) is 5.02 Å². The van der Waals surface area contributed by atoms with E-state index < -0.39 is 0 Å². The first-order valence-corrected chi connectivity index (χ1v) is 7.60. The number of piperidine rings is 1. The quantitative estimate of drug-likeness (QED) is 0.768. The molecule has 6 heteroatoms. The monoisotopic (exact) mass is 311 g/mol. The van der Waals surface area contributed by atoms with Gasteiger partial charge in [-0.1, -0.05) is 17.7 Å². The van der Waals surface area contributed by atoms with Crippen molar-refractivity contribution in [3.8, 4) is 5.75 Å². The van der Waals surface area contributed by atoms with Crippen LogP contribution in [0.1, 0.15) is 18.4 Å². The molecular weight excluding hydrogens is 290 g/mol. The first-order valence-electron chi connectivity index (χ1n) is 7.23. The lowest BCUT2D eigenvalue weighted by atomic mass is 10.0. The molecule has 116 valence electrons. The number of rotatable bonds is 5. The minimum Gasteiger partial charge on any atom is -0.508 e. The molecule has 1 aliphatic rings. The van der Waals surface area contributed by atoms with Crippen LogP contribution in [0.15, 0.2) is 18.2 Å². The maximum atomic E-state index is 11.3.